The van der Waals surface area contributed by atoms with Gasteiger partial charge in [0.2, 0.25) is 0 Å². The van der Waals surface area contributed by atoms with Crippen molar-refractivity contribution in [2.24, 2.45) is 0 Å². The van der Waals surface area contributed by atoms with E-state index in [-0.39, 0.29) is 0 Å². The van der Waals surface area contributed by atoms with Crippen LogP contribution in [-0.4, -0.2) is 22.0 Å². The molecule has 0 radical (unpaired) electrons. The second kappa shape index (κ2) is 6.78. The third-order valence-corrected chi connectivity index (χ3v) is 4.51. The molecule has 0 spiro atoms. The van der Waals surface area contributed by atoms with Crippen molar-refractivity contribution in [3.05, 3.63) is 42.0 Å². The molecule has 0 saturated heterocycles. The van der Waals surface area contributed by atoms with Crippen molar-refractivity contribution < 1.29 is 4.43 Å². The van der Waals surface area contributed by atoms with E-state index in [1.54, 1.807) is 0 Å². The van der Waals surface area contributed by atoms with Crippen LogP contribution in [0.15, 0.2) is 36.4 Å². The second-order valence-electron chi connectivity index (χ2n) is 7.57. The first-order valence-electron chi connectivity index (χ1n) is 7.48. The summed E-state index contributed by atoms with van der Waals surface area (Å²) in [5.74, 6) is 3.40. The Hall–Kier alpha value is -1.09. The molecule has 21 heavy (non-hydrogen) atoms. The normalized spacial score (nSPS) is 15.4. The summed E-state index contributed by atoms with van der Waals surface area (Å²) in [6, 6.07) is 10.3. The minimum atomic E-state index is -1.67. The Morgan fingerprint density at radius 1 is 1.00 bits per heavy atom. The van der Waals surface area contributed by atoms with Crippen LogP contribution in [0.3, 0.4) is 0 Å². The van der Waals surface area contributed by atoms with Gasteiger partial charge in [-0.15, -0.1) is 5.54 Å². The van der Waals surface area contributed by atoms with E-state index in [0.29, 0.717) is 0 Å². The van der Waals surface area contributed by atoms with Gasteiger partial charge in [-0.1, -0.05) is 62.0 Å². The molecule has 1 nitrogen and oxygen atoms in total. The summed E-state index contributed by atoms with van der Waals surface area (Å²) in [6.45, 7) is 15.5. The maximum atomic E-state index is 6.34. The van der Waals surface area contributed by atoms with E-state index in [2.05, 4.69) is 82.0 Å². The molecule has 0 N–H and O–H groups in total. The number of hydrogen-bond donors (Lipinski definition) is 0. The molecule has 1 atom stereocenters. The molecule has 0 saturated carbocycles. The Balaban J connectivity index is 3.07. The molecule has 0 aliphatic carbocycles. The predicted molar refractivity (Wildman–Crippen MR) is 99.4 cm³/mol. The summed E-state index contributed by atoms with van der Waals surface area (Å²) < 4.78 is 6.34. The average Bonchev–Trinajstić information content (AvgIpc) is 2.33. The fourth-order valence-corrected chi connectivity index (χ4v) is 3.88. The van der Waals surface area contributed by atoms with Crippen molar-refractivity contribution >= 4 is 22.5 Å². The van der Waals surface area contributed by atoms with E-state index in [4.69, 9.17) is 4.43 Å². The summed E-state index contributed by atoms with van der Waals surface area (Å²) in [5, 5.41) is 0. The number of benzene rings is 1. The monoisotopic (exact) mass is 316 g/mol. The third-order valence-electron chi connectivity index (χ3n) is 2.60. The Bertz CT molecular complexity index is 539. The van der Waals surface area contributed by atoms with E-state index in [1.165, 1.54) is 5.56 Å². The topological polar surface area (TPSA) is 9.23 Å². The first kappa shape index (κ1) is 18.0. The van der Waals surface area contributed by atoms with Crippen LogP contribution in [0.2, 0.25) is 39.3 Å². The predicted octanol–water partition coefficient (Wildman–Crippen LogP) is 5.19. The maximum absolute atomic E-state index is 6.34. The summed E-state index contributed by atoms with van der Waals surface area (Å²) in [6.07, 6.45) is 4.22. The summed E-state index contributed by atoms with van der Waals surface area (Å²) >= 11 is 0. The van der Waals surface area contributed by atoms with Crippen LogP contribution in [0.1, 0.15) is 12.5 Å². The zero-order chi connectivity index (χ0) is 16.1. The minimum Gasteiger partial charge on any atom is -0.399 e. The van der Waals surface area contributed by atoms with E-state index in [1.807, 2.05) is 18.2 Å². The Morgan fingerprint density at radius 2 is 1.57 bits per heavy atom. The lowest BCUT2D eigenvalue weighted by atomic mass is 10.1. The van der Waals surface area contributed by atoms with E-state index >= 15 is 0 Å². The molecule has 0 aromatic heterocycles. The lowest BCUT2D eigenvalue weighted by Crippen LogP contribution is -2.38. The van der Waals surface area contributed by atoms with Gasteiger partial charge in [-0.2, -0.15) is 0 Å². The summed E-state index contributed by atoms with van der Waals surface area (Å²) in [7, 11) is -3.08. The van der Waals surface area contributed by atoms with E-state index in [9.17, 15) is 0 Å². The van der Waals surface area contributed by atoms with Crippen molar-refractivity contribution in [1.29, 1.82) is 0 Å². The molecule has 0 fully saturated rings. The van der Waals surface area contributed by atoms with Gasteiger partial charge < -0.3 is 4.43 Å². The smallest absolute Gasteiger partial charge is 0.186 e. The standard InChI is InChI=1S/C18H28OSi2/c1-18(19-21(5,6)7,15-16-20(2,3)4)14-13-17-11-9-8-10-12-17/h8-14H,1-7H3/b14-13+. The number of hydrogen-bond acceptors (Lipinski definition) is 1. The summed E-state index contributed by atoms with van der Waals surface area (Å²) in [4.78, 5) is 0. The van der Waals surface area contributed by atoms with Crippen molar-refractivity contribution in [1.82, 2.24) is 0 Å². The minimum absolute atomic E-state index is 0.499. The highest BCUT2D eigenvalue weighted by Gasteiger charge is 2.28. The molecular formula is C18H28OSi2. The number of rotatable bonds is 4. The van der Waals surface area contributed by atoms with Gasteiger partial charge in [0.25, 0.3) is 0 Å². The van der Waals surface area contributed by atoms with Crippen LogP contribution in [-0.2, 0) is 4.43 Å². The SMILES string of the molecule is CC(C#C[Si](C)(C)C)(/C=C/c1ccccc1)O[Si](C)(C)C. The van der Waals surface area contributed by atoms with Gasteiger partial charge in [0, 0.05) is 0 Å². The lowest BCUT2D eigenvalue weighted by molar-refractivity contribution is 0.195. The van der Waals surface area contributed by atoms with Gasteiger partial charge in [0.15, 0.2) is 8.32 Å². The van der Waals surface area contributed by atoms with Crippen LogP contribution in [0, 0.1) is 11.5 Å². The largest absolute Gasteiger partial charge is 0.399 e. The van der Waals surface area contributed by atoms with E-state index in [0.717, 1.165) is 0 Å². The first-order valence-corrected chi connectivity index (χ1v) is 14.4. The molecule has 0 aliphatic rings. The molecule has 0 aliphatic heterocycles. The van der Waals surface area contributed by atoms with Gasteiger partial charge in [-0.05, 0) is 38.2 Å². The highest BCUT2D eigenvalue weighted by Crippen LogP contribution is 2.20. The van der Waals surface area contributed by atoms with Crippen LogP contribution >= 0.6 is 0 Å². The molecule has 3 heteroatoms. The van der Waals surface area contributed by atoms with Gasteiger partial charge in [-0.3, -0.25) is 0 Å². The molecule has 114 valence electrons. The molecule has 1 aromatic rings. The highest BCUT2D eigenvalue weighted by atomic mass is 28.4. The van der Waals surface area contributed by atoms with Crippen molar-refractivity contribution in [3.8, 4) is 11.5 Å². The van der Waals surface area contributed by atoms with Gasteiger partial charge in [0.1, 0.15) is 13.7 Å². The maximum Gasteiger partial charge on any atom is 0.186 e. The van der Waals surface area contributed by atoms with Gasteiger partial charge in [-0.25, -0.2) is 0 Å². The van der Waals surface area contributed by atoms with Crippen LogP contribution < -0.4 is 0 Å². The molecule has 0 heterocycles. The zero-order valence-corrected chi connectivity index (χ0v) is 16.4. The van der Waals surface area contributed by atoms with Crippen LogP contribution in [0.25, 0.3) is 6.08 Å². The third kappa shape index (κ3) is 8.06. The van der Waals surface area contributed by atoms with E-state index < -0.39 is 22.0 Å². The zero-order valence-electron chi connectivity index (χ0n) is 14.4. The Labute approximate surface area is 132 Å². The molecule has 0 amide bonds. The van der Waals surface area contributed by atoms with Crippen molar-refractivity contribution in [3.63, 3.8) is 0 Å². The second-order valence-corrected chi connectivity index (χ2v) is 16.7. The first-order chi connectivity index (χ1) is 9.49. The fourth-order valence-electron chi connectivity index (χ4n) is 1.87. The summed E-state index contributed by atoms with van der Waals surface area (Å²) in [5.41, 5.74) is 4.14. The lowest BCUT2D eigenvalue weighted by Gasteiger charge is -2.30. The van der Waals surface area contributed by atoms with Crippen LogP contribution in [0.5, 0.6) is 0 Å². The fraction of sp³-hybridized carbons (Fsp3) is 0.444. The molecular weight excluding hydrogens is 288 g/mol. The Morgan fingerprint density at radius 3 is 2.05 bits per heavy atom. The Kier molecular flexibility index (Phi) is 5.80. The van der Waals surface area contributed by atoms with Gasteiger partial charge in [0.05, 0.1) is 0 Å². The van der Waals surface area contributed by atoms with Crippen molar-refractivity contribution in [2.75, 3.05) is 0 Å². The average molecular weight is 317 g/mol. The molecule has 1 aromatic carbocycles. The molecule has 0 bridgehead atoms. The quantitative estimate of drug-likeness (QED) is 0.548. The highest BCUT2D eigenvalue weighted by molar-refractivity contribution is 6.83. The van der Waals surface area contributed by atoms with Crippen molar-refractivity contribution in [2.45, 2.75) is 51.8 Å². The van der Waals surface area contributed by atoms with Gasteiger partial charge >= 0.3 is 0 Å². The van der Waals surface area contributed by atoms with Crippen LogP contribution in [0.4, 0.5) is 0 Å². The molecule has 1 rings (SSSR count). The molecule has 1 unspecified atom stereocenters.